The maximum atomic E-state index is 12.7. The van der Waals surface area contributed by atoms with E-state index in [0.29, 0.717) is 12.6 Å². The first kappa shape index (κ1) is 14.2. The average Bonchev–Trinajstić information content (AvgIpc) is 2.86. The van der Waals surface area contributed by atoms with Gasteiger partial charge in [-0.3, -0.25) is 0 Å². The first-order valence-corrected chi connectivity index (χ1v) is 6.90. The van der Waals surface area contributed by atoms with Crippen LogP contribution in [-0.4, -0.2) is 30.1 Å². The van der Waals surface area contributed by atoms with Crippen LogP contribution < -0.4 is 0 Å². The summed E-state index contributed by atoms with van der Waals surface area (Å²) in [5, 5.41) is 0. The Labute approximate surface area is 121 Å². The molecule has 0 N–H and O–H groups in total. The van der Waals surface area contributed by atoms with E-state index in [1.54, 1.807) is 6.07 Å². The first-order valence-electron chi connectivity index (χ1n) is 6.90. The fraction of sp³-hybridized carbons (Fsp3) is 0.533. The summed E-state index contributed by atoms with van der Waals surface area (Å²) < 4.78 is 43.7. The Hall–Kier alpha value is -1.72. The van der Waals surface area contributed by atoms with Crippen LogP contribution in [-0.2, 0) is 10.9 Å². The molecule has 21 heavy (non-hydrogen) atoms. The normalized spacial score (nSPS) is 26.0. The van der Waals surface area contributed by atoms with Crippen molar-refractivity contribution in [3.05, 3.63) is 29.8 Å². The highest BCUT2D eigenvalue weighted by Gasteiger charge is 2.44. The summed E-state index contributed by atoms with van der Waals surface area (Å²) in [5.41, 5.74) is -0.242. The molecule has 2 saturated heterocycles. The van der Waals surface area contributed by atoms with E-state index in [1.807, 2.05) is 0 Å². The summed E-state index contributed by atoms with van der Waals surface area (Å²) in [6, 6.07) is 5.73. The van der Waals surface area contributed by atoms with Gasteiger partial charge in [-0.1, -0.05) is 19.9 Å². The molecule has 0 aliphatic carbocycles. The van der Waals surface area contributed by atoms with Crippen molar-refractivity contribution in [2.75, 3.05) is 13.2 Å². The number of rotatable bonds is 1. The summed E-state index contributed by atoms with van der Waals surface area (Å²) in [6.45, 7) is 5.72. The molecule has 0 radical (unpaired) electrons. The van der Waals surface area contributed by atoms with Crippen LogP contribution >= 0.6 is 0 Å². The second-order valence-electron chi connectivity index (χ2n) is 6.40. The molecule has 0 saturated carbocycles. The van der Waals surface area contributed by atoms with Gasteiger partial charge in [0, 0.05) is 6.54 Å². The molecule has 6 heteroatoms. The zero-order valence-electron chi connectivity index (χ0n) is 11.9. The summed E-state index contributed by atoms with van der Waals surface area (Å²) in [7, 11) is 0. The molecule has 3 rings (SSSR count). The third-order valence-corrected chi connectivity index (χ3v) is 3.88. The molecule has 114 valence electrons. The van der Waals surface area contributed by atoms with E-state index in [4.69, 9.17) is 4.74 Å². The molecule has 2 aliphatic heterocycles. The zero-order chi connectivity index (χ0) is 15.3. The van der Waals surface area contributed by atoms with Gasteiger partial charge >= 0.3 is 6.18 Å². The van der Waals surface area contributed by atoms with Gasteiger partial charge < -0.3 is 9.64 Å². The lowest BCUT2D eigenvalue weighted by molar-refractivity contribution is -0.137. The molecule has 1 aromatic carbocycles. The Morgan fingerprint density at radius 3 is 2.81 bits per heavy atom. The summed E-state index contributed by atoms with van der Waals surface area (Å²) in [5.74, 6) is 0. The molecule has 2 fully saturated rings. The van der Waals surface area contributed by atoms with Crippen molar-refractivity contribution >= 4 is 11.7 Å². The summed E-state index contributed by atoms with van der Waals surface area (Å²) in [6.07, 6.45) is -3.35. The molecule has 1 aromatic rings. The predicted molar refractivity (Wildman–Crippen MR) is 73.4 cm³/mol. The van der Waals surface area contributed by atoms with Gasteiger partial charge in [0.15, 0.2) is 0 Å². The van der Waals surface area contributed by atoms with Crippen molar-refractivity contribution in [2.24, 2.45) is 10.4 Å². The second-order valence-corrected chi connectivity index (χ2v) is 6.40. The Balaban J connectivity index is 1.86. The maximum absolute atomic E-state index is 12.7. The number of fused-ring (bicyclic) bond motifs is 1. The smallest absolute Gasteiger partial charge is 0.416 e. The quantitative estimate of drug-likeness (QED) is 0.787. The molecule has 0 bridgehead atoms. The van der Waals surface area contributed by atoms with Crippen LogP contribution in [0.5, 0.6) is 0 Å². The fourth-order valence-electron chi connectivity index (χ4n) is 2.99. The van der Waals surface area contributed by atoms with Crippen molar-refractivity contribution in [3.8, 4) is 0 Å². The number of ether oxygens (including phenoxy) is 1. The maximum Gasteiger partial charge on any atom is 0.416 e. The summed E-state index contributed by atoms with van der Waals surface area (Å²) >= 11 is 0. The van der Waals surface area contributed by atoms with E-state index in [-0.39, 0.29) is 17.1 Å². The molecular weight excluding hydrogens is 281 g/mol. The largest absolute Gasteiger partial charge is 0.463 e. The van der Waals surface area contributed by atoms with Crippen molar-refractivity contribution in [1.82, 2.24) is 4.90 Å². The molecule has 1 atom stereocenters. The molecule has 0 spiro atoms. The van der Waals surface area contributed by atoms with Gasteiger partial charge in [-0.2, -0.15) is 18.2 Å². The minimum Gasteiger partial charge on any atom is -0.463 e. The Morgan fingerprint density at radius 2 is 2.10 bits per heavy atom. The van der Waals surface area contributed by atoms with Crippen molar-refractivity contribution in [1.29, 1.82) is 0 Å². The second kappa shape index (κ2) is 4.64. The van der Waals surface area contributed by atoms with Crippen molar-refractivity contribution in [3.63, 3.8) is 0 Å². The van der Waals surface area contributed by atoms with Crippen LogP contribution in [0.3, 0.4) is 0 Å². The number of benzene rings is 1. The number of amidine groups is 1. The number of hydrogen-bond acceptors (Lipinski definition) is 2. The number of halogens is 3. The van der Waals surface area contributed by atoms with Gasteiger partial charge in [0.2, 0.25) is 0 Å². The minimum absolute atomic E-state index is 0.184. The van der Waals surface area contributed by atoms with Gasteiger partial charge in [0.25, 0.3) is 6.02 Å². The van der Waals surface area contributed by atoms with Crippen LogP contribution in [0, 0.1) is 5.41 Å². The van der Waals surface area contributed by atoms with Crippen molar-refractivity contribution < 1.29 is 17.9 Å². The Bertz CT molecular complexity index is 581. The number of nitrogens with zero attached hydrogens (tertiary/aromatic N) is 2. The lowest BCUT2D eigenvalue weighted by Crippen LogP contribution is -2.29. The molecular formula is C15H17F3N2O. The van der Waals surface area contributed by atoms with E-state index in [1.165, 1.54) is 6.07 Å². The van der Waals surface area contributed by atoms with Gasteiger partial charge in [-0.05, 0) is 30.0 Å². The van der Waals surface area contributed by atoms with Gasteiger partial charge in [-0.15, -0.1) is 0 Å². The molecule has 0 aromatic heterocycles. The Morgan fingerprint density at radius 1 is 1.33 bits per heavy atom. The number of alkyl halides is 3. The Kier molecular flexibility index (Phi) is 3.15. The monoisotopic (exact) mass is 298 g/mol. The SMILES string of the molecule is CC1(C)CC2COC(=Nc3cccc(C(F)(F)F)c3)N2C1. The van der Waals surface area contributed by atoms with Crippen molar-refractivity contribution in [2.45, 2.75) is 32.5 Å². The molecule has 2 aliphatic rings. The van der Waals surface area contributed by atoms with E-state index in [2.05, 4.69) is 23.7 Å². The van der Waals surface area contributed by atoms with Gasteiger partial charge in [0.1, 0.15) is 6.61 Å². The lowest BCUT2D eigenvalue weighted by atomic mass is 9.91. The number of hydrogen-bond donors (Lipinski definition) is 0. The molecule has 3 nitrogen and oxygen atoms in total. The zero-order valence-corrected chi connectivity index (χ0v) is 11.9. The molecule has 1 unspecified atom stereocenters. The topological polar surface area (TPSA) is 24.8 Å². The van der Waals surface area contributed by atoms with Crippen LogP contribution in [0.25, 0.3) is 0 Å². The van der Waals surface area contributed by atoms with Crippen LogP contribution in [0.15, 0.2) is 29.3 Å². The van der Waals surface area contributed by atoms with E-state index < -0.39 is 11.7 Å². The van der Waals surface area contributed by atoms with Gasteiger partial charge in [-0.25, -0.2) is 0 Å². The lowest BCUT2D eigenvalue weighted by Gasteiger charge is -2.19. The van der Waals surface area contributed by atoms with E-state index >= 15 is 0 Å². The third-order valence-electron chi connectivity index (χ3n) is 3.88. The summed E-state index contributed by atoms with van der Waals surface area (Å²) in [4.78, 5) is 6.32. The van der Waals surface area contributed by atoms with Crippen LogP contribution in [0.4, 0.5) is 18.9 Å². The average molecular weight is 298 g/mol. The highest BCUT2D eigenvalue weighted by atomic mass is 19.4. The highest BCUT2D eigenvalue weighted by Crippen LogP contribution is 2.38. The van der Waals surface area contributed by atoms with Crippen LogP contribution in [0.1, 0.15) is 25.8 Å². The molecule has 0 amide bonds. The number of aliphatic imine (C=N–C) groups is 1. The fourth-order valence-corrected chi connectivity index (χ4v) is 2.99. The van der Waals surface area contributed by atoms with Crippen LogP contribution in [0.2, 0.25) is 0 Å². The van der Waals surface area contributed by atoms with E-state index in [0.717, 1.165) is 25.1 Å². The minimum atomic E-state index is -4.36. The standard InChI is InChI=1S/C15H17F3N2O/c1-14(2)7-12-8-21-13(20(12)9-14)19-11-5-3-4-10(6-11)15(16,17)18/h3-6,12H,7-9H2,1-2H3. The third kappa shape index (κ3) is 2.84. The predicted octanol–water partition coefficient (Wildman–Crippen LogP) is 3.82. The van der Waals surface area contributed by atoms with Gasteiger partial charge in [0.05, 0.1) is 17.3 Å². The molecule has 2 heterocycles. The first-order chi connectivity index (χ1) is 9.74. The van der Waals surface area contributed by atoms with E-state index in [9.17, 15) is 13.2 Å². The highest BCUT2D eigenvalue weighted by molar-refractivity contribution is 5.79.